The maximum atomic E-state index is 13.1. The van der Waals surface area contributed by atoms with Gasteiger partial charge in [-0.25, -0.2) is 9.59 Å². The number of hydrogen-bond donors (Lipinski definition) is 2. The molecule has 0 saturated carbocycles. The van der Waals surface area contributed by atoms with Crippen LogP contribution in [0.4, 0.5) is 11.4 Å². The van der Waals surface area contributed by atoms with E-state index in [9.17, 15) is 19.6 Å². The SMILES string of the molecule is COC(=O)C1=C(C(=O)OC)N(c2ccc(NC(=O)CN(C)C)c(C)c2)C(N)=C(C#N)C1c1ccccc1. The number of likely N-dealkylation sites (N-methyl/N-ethyl adjacent to an activating group) is 1. The lowest BCUT2D eigenvalue weighted by molar-refractivity contribution is -0.139. The molecule has 3 rings (SSSR count). The zero-order valence-electron chi connectivity index (χ0n) is 21.4. The van der Waals surface area contributed by atoms with Crippen LogP contribution in [0.1, 0.15) is 17.0 Å². The normalized spacial score (nSPS) is 15.4. The van der Waals surface area contributed by atoms with Crippen molar-refractivity contribution in [2.45, 2.75) is 12.8 Å². The standard InChI is InChI=1S/C27H29N5O5/c1-16-13-18(11-12-20(16)30-21(33)15-31(2)3)32-24(27(35)37-5)23(26(34)36-4)22(19(14-28)25(32)29)17-9-7-6-8-10-17/h6-13,22H,15,29H2,1-5H3,(H,30,33). The van der Waals surface area contributed by atoms with E-state index in [1.807, 2.05) is 0 Å². The second-order valence-corrected chi connectivity index (χ2v) is 8.62. The van der Waals surface area contributed by atoms with Crippen molar-refractivity contribution in [2.75, 3.05) is 45.1 Å². The van der Waals surface area contributed by atoms with Gasteiger partial charge in [0.05, 0.1) is 43.9 Å². The van der Waals surface area contributed by atoms with Gasteiger partial charge in [0.25, 0.3) is 0 Å². The molecule has 1 unspecified atom stereocenters. The van der Waals surface area contributed by atoms with Crippen LogP contribution in [0.15, 0.2) is 71.2 Å². The summed E-state index contributed by atoms with van der Waals surface area (Å²) >= 11 is 0. The minimum atomic E-state index is -0.949. The smallest absolute Gasteiger partial charge is 0.355 e. The Morgan fingerprint density at radius 3 is 2.27 bits per heavy atom. The summed E-state index contributed by atoms with van der Waals surface area (Å²) in [5.41, 5.74) is 8.56. The maximum absolute atomic E-state index is 13.1. The Hall–Kier alpha value is -4.62. The molecule has 0 aliphatic carbocycles. The number of ether oxygens (including phenoxy) is 2. The van der Waals surface area contributed by atoms with Gasteiger partial charge in [-0.3, -0.25) is 9.69 Å². The second-order valence-electron chi connectivity index (χ2n) is 8.62. The molecule has 10 nitrogen and oxygen atoms in total. The number of carbonyl (C=O) groups is 3. The molecule has 3 N–H and O–H groups in total. The Morgan fingerprint density at radius 1 is 1.08 bits per heavy atom. The molecule has 1 amide bonds. The average molecular weight is 504 g/mol. The molecule has 37 heavy (non-hydrogen) atoms. The summed E-state index contributed by atoms with van der Waals surface area (Å²) in [6, 6.07) is 15.9. The number of nitrogens with one attached hydrogen (secondary N) is 1. The van der Waals surface area contributed by atoms with Crippen LogP contribution < -0.4 is 16.0 Å². The van der Waals surface area contributed by atoms with Crippen molar-refractivity contribution in [3.05, 3.63) is 82.3 Å². The molecule has 0 radical (unpaired) electrons. The molecule has 2 aromatic rings. The first kappa shape index (κ1) is 27.0. The molecule has 192 valence electrons. The molecule has 0 saturated heterocycles. The van der Waals surface area contributed by atoms with E-state index in [2.05, 4.69) is 11.4 Å². The van der Waals surface area contributed by atoms with E-state index < -0.39 is 17.9 Å². The van der Waals surface area contributed by atoms with Crippen molar-refractivity contribution in [2.24, 2.45) is 5.73 Å². The van der Waals surface area contributed by atoms with Crippen LogP contribution in [0.2, 0.25) is 0 Å². The molecular weight excluding hydrogens is 474 g/mol. The molecule has 1 aliphatic heterocycles. The van der Waals surface area contributed by atoms with Crippen molar-refractivity contribution >= 4 is 29.2 Å². The van der Waals surface area contributed by atoms with Gasteiger partial charge in [0.15, 0.2) is 0 Å². The van der Waals surface area contributed by atoms with Gasteiger partial charge in [-0.15, -0.1) is 0 Å². The number of esters is 2. The highest BCUT2D eigenvalue weighted by Crippen LogP contribution is 2.43. The fourth-order valence-electron chi connectivity index (χ4n) is 4.19. The fraction of sp³-hybridized carbons (Fsp3) is 0.259. The van der Waals surface area contributed by atoms with E-state index >= 15 is 0 Å². The predicted octanol–water partition coefficient (Wildman–Crippen LogP) is 2.39. The van der Waals surface area contributed by atoms with Gasteiger partial charge in [-0.2, -0.15) is 5.26 Å². The van der Waals surface area contributed by atoms with Gasteiger partial charge in [-0.05, 0) is 50.3 Å². The number of methoxy groups -OCH3 is 2. The molecule has 1 aliphatic rings. The van der Waals surface area contributed by atoms with Crippen molar-refractivity contribution in [1.82, 2.24) is 4.90 Å². The Labute approximate surface area is 215 Å². The van der Waals surface area contributed by atoms with Crippen LogP contribution in [0.3, 0.4) is 0 Å². The monoisotopic (exact) mass is 503 g/mol. The summed E-state index contributed by atoms with van der Waals surface area (Å²) in [6.07, 6.45) is 0. The summed E-state index contributed by atoms with van der Waals surface area (Å²) in [5.74, 6) is -2.81. The quantitative estimate of drug-likeness (QED) is 0.545. The average Bonchev–Trinajstić information content (AvgIpc) is 2.88. The summed E-state index contributed by atoms with van der Waals surface area (Å²) in [7, 11) is 5.96. The number of anilines is 2. The molecule has 0 bridgehead atoms. The number of nitrogens with zero attached hydrogens (tertiary/aromatic N) is 3. The van der Waals surface area contributed by atoms with Crippen molar-refractivity contribution in [1.29, 1.82) is 5.26 Å². The highest BCUT2D eigenvalue weighted by molar-refractivity contribution is 6.06. The number of allylic oxidation sites excluding steroid dienone is 1. The Balaban J connectivity index is 2.24. The van der Waals surface area contributed by atoms with E-state index in [1.54, 1.807) is 74.4 Å². The van der Waals surface area contributed by atoms with Gasteiger partial charge < -0.3 is 25.4 Å². The maximum Gasteiger partial charge on any atom is 0.355 e. The van der Waals surface area contributed by atoms with Gasteiger partial charge in [-0.1, -0.05) is 30.3 Å². The van der Waals surface area contributed by atoms with E-state index in [0.29, 0.717) is 22.5 Å². The summed E-state index contributed by atoms with van der Waals surface area (Å²) in [4.78, 5) is 41.6. The minimum Gasteiger partial charge on any atom is -0.466 e. The lowest BCUT2D eigenvalue weighted by Crippen LogP contribution is -2.40. The number of hydrogen-bond acceptors (Lipinski definition) is 9. The fourth-order valence-corrected chi connectivity index (χ4v) is 4.19. The number of benzene rings is 2. The zero-order valence-corrected chi connectivity index (χ0v) is 21.4. The Morgan fingerprint density at radius 2 is 1.73 bits per heavy atom. The van der Waals surface area contributed by atoms with Gasteiger partial charge >= 0.3 is 11.9 Å². The third-order valence-corrected chi connectivity index (χ3v) is 5.81. The first-order chi connectivity index (χ1) is 17.6. The van der Waals surface area contributed by atoms with Crippen LogP contribution in [0, 0.1) is 18.3 Å². The van der Waals surface area contributed by atoms with Gasteiger partial charge in [0, 0.05) is 11.4 Å². The lowest BCUT2D eigenvalue weighted by atomic mass is 9.81. The summed E-state index contributed by atoms with van der Waals surface area (Å²) < 4.78 is 10.1. The summed E-state index contributed by atoms with van der Waals surface area (Å²) in [5, 5.41) is 13.0. The second kappa shape index (κ2) is 11.4. The van der Waals surface area contributed by atoms with Crippen LogP contribution in [-0.2, 0) is 23.9 Å². The minimum absolute atomic E-state index is 0.0341. The van der Waals surface area contributed by atoms with Crippen molar-refractivity contribution in [3.8, 4) is 6.07 Å². The number of aryl methyl sites for hydroxylation is 1. The van der Waals surface area contributed by atoms with Crippen LogP contribution in [0.25, 0.3) is 0 Å². The Bertz CT molecular complexity index is 1320. The number of carbonyl (C=O) groups excluding carboxylic acids is 3. The predicted molar refractivity (Wildman–Crippen MR) is 138 cm³/mol. The number of amides is 1. The largest absolute Gasteiger partial charge is 0.466 e. The van der Waals surface area contributed by atoms with Gasteiger partial charge in [0.1, 0.15) is 11.5 Å². The van der Waals surface area contributed by atoms with E-state index in [0.717, 1.165) is 0 Å². The van der Waals surface area contributed by atoms with Crippen LogP contribution in [-0.4, -0.2) is 57.6 Å². The van der Waals surface area contributed by atoms with Gasteiger partial charge in [0.2, 0.25) is 5.91 Å². The molecular formula is C27H29N5O5. The third-order valence-electron chi connectivity index (χ3n) is 5.81. The van der Waals surface area contributed by atoms with Crippen molar-refractivity contribution in [3.63, 3.8) is 0 Å². The molecule has 0 fully saturated rings. The van der Waals surface area contributed by atoms with Crippen molar-refractivity contribution < 1.29 is 23.9 Å². The summed E-state index contributed by atoms with van der Waals surface area (Å²) in [6.45, 7) is 1.98. The topological polar surface area (TPSA) is 138 Å². The van der Waals surface area contributed by atoms with E-state index in [1.165, 1.54) is 19.1 Å². The third kappa shape index (κ3) is 5.47. The first-order valence-electron chi connectivity index (χ1n) is 11.3. The lowest BCUT2D eigenvalue weighted by Gasteiger charge is -2.36. The molecule has 1 heterocycles. The first-order valence-corrected chi connectivity index (χ1v) is 11.3. The highest BCUT2D eigenvalue weighted by Gasteiger charge is 2.43. The number of nitrogens with two attached hydrogens (primary N) is 1. The molecule has 0 spiro atoms. The highest BCUT2D eigenvalue weighted by atomic mass is 16.5. The number of rotatable bonds is 7. The molecule has 0 aromatic heterocycles. The molecule has 10 heteroatoms. The number of nitriles is 1. The van der Waals surface area contributed by atoms with E-state index in [4.69, 9.17) is 15.2 Å². The molecule has 2 aromatic carbocycles. The molecule has 1 atom stereocenters. The Kier molecular flexibility index (Phi) is 8.32. The van der Waals surface area contributed by atoms with Crippen LogP contribution >= 0.6 is 0 Å². The zero-order chi connectivity index (χ0) is 27.3. The van der Waals surface area contributed by atoms with Crippen LogP contribution in [0.5, 0.6) is 0 Å². The van der Waals surface area contributed by atoms with E-state index in [-0.39, 0.29) is 35.1 Å².